The van der Waals surface area contributed by atoms with Crippen LogP contribution in [0.1, 0.15) is 11.1 Å². The normalized spacial score (nSPS) is 10.8. The molecule has 0 saturated carbocycles. The number of ether oxygens (including phenoxy) is 1. The van der Waals surface area contributed by atoms with Gasteiger partial charge in [0, 0.05) is 16.6 Å². The number of rotatable bonds is 6. The van der Waals surface area contributed by atoms with E-state index in [0.29, 0.717) is 23.0 Å². The second-order valence-electron chi connectivity index (χ2n) is 5.21. The number of benzene rings is 2. The largest absolute Gasteiger partial charge is 0.504 e. The van der Waals surface area contributed by atoms with Crippen LogP contribution in [0.3, 0.4) is 0 Å². The van der Waals surface area contributed by atoms with Crippen LogP contribution in [0, 0.1) is 11.3 Å². The van der Waals surface area contributed by atoms with Crippen molar-refractivity contribution in [2.24, 2.45) is 0 Å². The summed E-state index contributed by atoms with van der Waals surface area (Å²) in [5.74, 6) is -0.366. The van der Waals surface area contributed by atoms with Gasteiger partial charge < -0.3 is 15.2 Å². The minimum Gasteiger partial charge on any atom is -0.504 e. The van der Waals surface area contributed by atoms with Crippen molar-refractivity contribution in [2.75, 3.05) is 13.7 Å². The Hall–Kier alpha value is -2.78. The summed E-state index contributed by atoms with van der Waals surface area (Å²) in [4.78, 5) is 12.2. The molecule has 2 aromatic rings. The number of phenolic OH excluding ortho intramolecular Hbond substituents is 1. The third kappa shape index (κ3) is 5.10. The van der Waals surface area contributed by atoms with Gasteiger partial charge in [-0.2, -0.15) is 5.26 Å². The van der Waals surface area contributed by atoms with Crippen molar-refractivity contribution in [3.05, 3.63) is 63.6 Å². The highest BCUT2D eigenvalue weighted by molar-refractivity contribution is 9.10. The summed E-state index contributed by atoms with van der Waals surface area (Å²) in [6, 6.07) is 14.8. The predicted octanol–water partition coefficient (Wildman–Crippen LogP) is 3.43. The van der Waals surface area contributed by atoms with Crippen LogP contribution in [0.4, 0.5) is 0 Å². The van der Waals surface area contributed by atoms with Crippen molar-refractivity contribution in [1.29, 1.82) is 5.26 Å². The van der Waals surface area contributed by atoms with E-state index in [9.17, 15) is 15.2 Å². The van der Waals surface area contributed by atoms with E-state index < -0.39 is 5.91 Å². The Labute approximate surface area is 154 Å². The zero-order valence-corrected chi connectivity index (χ0v) is 15.2. The maximum Gasteiger partial charge on any atom is 0.261 e. The van der Waals surface area contributed by atoms with E-state index in [1.54, 1.807) is 12.1 Å². The zero-order valence-electron chi connectivity index (χ0n) is 13.6. The topological polar surface area (TPSA) is 82.3 Å². The number of hydrogen-bond acceptors (Lipinski definition) is 4. The Bertz CT molecular complexity index is 827. The molecule has 0 spiro atoms. The first-order chi connectivity index (χ1) is 12.0. The predicted molar refractivity (Wildman–Crippen MR) is 99.1 cm³/mol. The Balaban J connectivity index is 2.11. The number of carbonyl (C=O) groups is 1. The molecule has 1 amide bonds. The molecule has 0 unspecified atom stereocenters. The molecule has 6 heteroatoms. The minimum absolute atomic E-state index is 0.0940. The maximum absolute atomic E-state index is 12.2. The molecule has 0 aliphatic carbocycles. The molecule has 0 atom stereocenters. The molecule has 5 nitrogen and oxygen atoms in total. The van der Waals surface area contributed by atoms with Gasteiger partial charge in [-0.1, -0.05) is 46.3 Å². The Morgan fingerprint density at radius 3 is 2.72 bits per heavy atom. The molecule has 0 radical (unpaired) electrons. The summed E-state index contributed by atoms with van der Waals surface area (Å²) in [5, 5.41) is 22.1. The van der Waals surface area contributed by atoms with Crippen LogP contribution in [0.2, 0.25) is 0 Å². The van der Waals surface area contributed by atoms with Gasteiger partial charge in [0.25, 0.3) is 5.91 Å². The highest BCUT2D eigenvalue weighted by Gasteiger charge is 2.13. The number of carbonyl (C=O) groups excluding carboxylic acids is 1. The molecular formula is C19H17BrN2O3. The van der Waals surface area contributed by atoms with Crippen molar-refractivity contribution in [3.63, 3.8) is 0 Å². The van der Waals surface area contributed by atoms with E-state index >= 15 is 0 Å². The summed E-state index contributed by atoms with van der Waals surface area (Å²) < 4.78 is 5.73. The van der Waals surface area contributed by atoms with E-state index in [4.69, 9.17) is 4.74 Å². The second-order valence-corrected chi connectivity index (χ2v) is 6.12. The average Bonchev–Trinajstić information content (AvgIpc) is 2.62. The average molecular weight is 401 g/mol. The smallest absolute Gasteiger partial charge is 0.261 e. The molecule has 0 aliphatic rings. The van der Waals surface area contributed by atoms with Gasteiger partial charge in [-0.05, 0) is 30.2 Å². The van der Waals surface area contributed by atoms with Crippen LogP contribution < -0.4 is 10.1 Å². The van der Waals surface area contributed by atoms with Crippen LogP contribution in [0.25, 0.3) is 6.08 Å². The molecule has 0 bridgehead atoms. The highest BCUT2D eigenvalue weighted by atomic mass is 79.9. The number of aromatic hydroxyl groups is 1. The van der Waals surface area contributed by atoms with Crippen molar-refractivity contribution in [1.82, 2.24) is 5.32 Å². The lowest BCUT2D eigenvalue weighted by Crippen LogP contribution is -2.26. The quantitative estimate of drug-likeness (QED) is 0.574. The molecule has 2 rings (SSSR count). The van der Waals surface area contributed by atoms with Crippen LogP contribution in [0.5, 0.6) is 11.5 Å². The van der Waals surface area contributed by atoms with Gasteiger partial charge in [-0.3, -0.25) is 4.79 Å². The van der Waals surface area contributed by atoms with Gasteiger partial charge in [-0.15, -0.1) is 0 Å². The van der Waals surface area contributed by atoms with E-state index in [2.05, 4.69) is 21.2 Å². The Morgan fingerprint density at radius 1 is 1.36 bits per heavy atom. The standard InChI is InChI=1S/C19H17BrN2O3/c1-25-17-11-16(20)10-14(18(17)23)9-15(12-21)19(24)22-8-7-13-5-3-2-4-6-13/h2-6,9-11,23H,7-8H2,1H3,(H,22,24)/b15-9-. The van der Waals surface area contributed by atoms with Crippen molar-refractivity contribution >= 4 is 27.9 Å². The minimum atomic E-state index is -0.489. The SMILES string of the molecule is COc1cc(Br)cc(/C=C(/C#N)C(=O)NCCc2ccccc2)c1O. The van der Waals surface area contributed by atoms with Gasteiger partial charge in [-0.25, -0.2) is 0 Å². The molecular weight excluding hydrogens is 384 g/mol. The Kier molecular flexibility index (Phi) is 6.61. The van der Waals surface area contributed by atoms with Gasteiger partial charge in [0.1, 0.15) is 11.6 Å². The van der Waals surface area contributed by atoms with E-state index in [0.717, 1.165) is 5.56 Å². The summed E-state index contributed by atoms with van der Waals surface area (Å²) in [6.07, 6.45) is 2.00. The summed E-state index contributed by atoms with van der Waals surface area (Å²) in [6.45, 7) is 0.412. The molecule has 0 aromatic heterocycles. The number of hydrogen-bond donors (Lipinski definition) is 2. The Morgan fingerprint density at radius 2 is 2.08 bits per heavy atom. The number of amides is 1. The number of nitrogens with one attached hydrogen (secondary N) is 1. The molecule has 0 fully saturated rings. The summed E-state index contributed by atoms with van der Waals surface area (Å²) in [5.41, 5.74) is 1.32. The fourth-order valence-corrected chi connectivity index (χ4v) is 2.68. The van der Waals surface area contributed by atoms with Gasteiger partial charge in [0.2, 0.25) is 0 Å². The van der Waals surface area contributed by atoms with Crippen molar-refractivity contribution < 1.29 is 14.6 Å². The second kappa shape index (κ2) is 8.90. The number of methoxy groups -OCH3 is 1. The van der Waals surface area contributed by atoms with Crippen molar-refractivity contribution in [3.8, 4) is 17.6 Å². The van der Waals surface area contributed by atoms with Crippen LogP contribution >= 0.6 is 15.9 Å². The van der Waals surface area contributed by atoms with Crippen LogP contribution in [0.15, 0.2) is 52.5 Å². The first-order valence-corrected chi connectivity index (χ1v) is 8.35. The highest BCUT2D eigenvalue weighted by Crippen LogP contribution is 2.34. The monoisotopic (exact) mass is 400 g/mol. The lowest BCUT2D eigenvalue weighted by Gasteiger charge is -2.08. The molecule has 0 saturated heterocycles. The van der Waals surface area contributed by atoms with Crippen molar-refractivity contribution in [2.45, 2.75) is 6.42 Å². The summed E-state index contributed by atoms with van der Waals surface area (Å²) in [7, 11) is 1.43. The van der Waals surface area contributed by atoms with Gasteiger partial charge in [0.05, 0.1) is 7.11 Å². The maximum atomic E-state index is 12.2. The first kappa shape index (κ1) is 18.6. The number of halogens is 1. The molecule has 2 aromatic carbocycles. The number of phenols is 1. The molecule has 128 valence electrons. The fraction of sp³-hybridized carbons (Fsp3) is 0.158. The lowest BCUT2D eigenvalue weighted by molar-refractivity contribution is -0.117. The summed E-state index contributed by atoms with van der Waals surface area (Å²) >= 11 is 3.30. The molecule has 2 N–H and O–H groups in total. The van der Waals surface area contributed by atoms with Crippen LogP contribution in [-0.4, -0.2) is 24.7 Å². The number of nitriles is 1. The molecule has 0 aliphatic heterocycles. The fourth-order valence-electron chi connectivity index (χ4n) is 2.22. The first-order valence-electron chi connectivity index (χ1n) is 7.55. The van der Waals surface area contributed by atoms with Gasteiger partial charge >= 0.3 is 0 Å². The van der Waals surface area contributed by atoms with Gasteiger partial charge in [0.15, 0.2) is 11.5 Å². The molecule has 25 heavy (non-hydrogen) atoms. The van der Waals surface area contributed by atoms with Crippen LogP contribution in [-0.2, 0) is 11.2 Å². The lowest BCUT2D eigenvalue weighted by atomic mass is 10.1. The number of nitrogens with zero attached hydrogens (tertiary/aromatic N) is 1. The molecule has 0 heterocycles. The zero-order chi connectivity index (χ0) is 18.2. The van der Waals surface area contributed by atoms with E-state index in [1.165, 1.54) is 13.2 Å². The van der Waals surface area contributed by atoms with E-state index in [1.807, 2.05) is 36.4 Å². The third-order valence-corrected chi connectivity index (χ3v) is 3.95. The van der Waals surface area contributed by atoms with E-state index in [-0.39, 0.29) is 17.1 Å². The third-order valence-electron chi connectivity index (χ3n) is 3.50.